The Morgan fingerprint density at radius 3 is 2.41 bits per heavy atom. The van der Waals surface area contributed by atoms with E-state index in [2.05, 4.69) is 5.32 Å². The highest BCUT2D eigenvalue weighted by Gasteiger charge is 2.29. The van der Waals surface area contributed by atoms with Crippen molar-refractivity contribution in [2.75, 3.05) is 32.6 Å². The second kappa shape index (κ2) is 8.99. The Kier molecular flexibility index (Phi) is 6.42. The maximum atomic E-state index is 13.0. The van der Waals surface area contributed by atoms with Crippen molar-refractivity contribution >= 4 is 17.5 Å². The minimum Gasteiger partial charge on any atom is -0.497 e. The number of methoxy groups -OCH3 is 2. The van der Waals surface area contributed by atoms with Gasteiger partial charge in [0.25, 0.3) is 5.91 Å². The van der Waals surface area contributed by atoms with Gasteiger partial charge >= 0.3 is 0 Å². The van der Waals surface area contributed by atoms with Gasteiger partial charge in [0.15, 0.2) is 0 Å². The Balaban J connectivity index is 1.70. The van der Waals surface area contributed by atoms with Gasteiger partial charge in [0.05, 0.1) is 25.8 Å². The van der Waals surface area contributed by atoms with Gasteiger partial charge in [0, 0.05) is 24.7 Å². The van der Waals surface area contributed by atoms with Crippen LogP contribution >= 0.6 is 0 Å². The zero-order chi connectivity index (χ0) is 21.0. The van der Waals surface area contributed by atoms with Crippen LogP contribution in [0, 0.1) is 19.8 Å². The molecule has 1 fully saturated rings. The van der Waals surface area contributed by atoms with Crippen molar-refractivity contribution in [2.45, 2.75) is 26.7 Å². The van der Waals surface area contributed by atoms with Crippen LogP contribution < -0.4 is 14.8 Å². The van der Waals surface area contributed by atoms with E-state index in [0.717, 1.165) is 24.0 Å². The average Bonchev–Trinajstić information content (AvgIpc) is 2.72. The van der Waals surface area contributed by atoms with Gasteiger partial charge in [-0.15, -0.1) is 0 Å². The monoisotopic (exact) mass is 396 g/mol. The molecule has 1 aliphatic rings. The second-order valence-corrected chi connectivity index (χ2v) is 7.52. The molecule has 1 N–H and O–H groups in total. The number of hydrogen-bond acceptors (Lipinski definition) is 4. The molecule has 0 bridgehead atoms. The van der Waals surface area contributed by atoms with Gasteiger partial charge in [0.1, 0.15) is 11.5 Å². The summed E-state index contributed by atoms with van der Waals surface area (Å²) >= 11 is 0. The van der Waals surface area contributed by atoms with E-state index in [4.69, 9.17) is 9.47 Å². The van der Waals surface area contributed by atoms with Crippen molar-refractivity contribution in [1.29, 1.82) is 0 Å². The molecule has 2 aromatic carbocycles. The molecule has 1 aliphatic heterocycles. The van der Waals surface area contributed by atoms with E-state index in [1.54, 1.807) is 37.3 Å². The predicted molar refractivity (Wildman–Crippen MR) is 113 cm³/mol. The summed E-state index contributed by atoms with van der Waals surface area (Å²) in [7, 11) is 3.13. The molecule has 154 valence electrons. The van der Waals surface area contributed by atoms with Crippen LogP contribution in [0.3, 0.4) is 0 Å². The highest BCUT2D eigenvalue weighted by atomic mass is 16.5. The standard InChI is InChI=1S/C23H28N2O4/c1-15-10-16(2)12-18(11-15)23(27)25-9-5-6-17(14-25)22(26)24-20-8-7-19(28-3)13-21(20)29-4/h7-8,10-13,17H,5-6,9,14H2,1-4H3,(H,24,26). The number of benzene rings is 2. The van der Waals surface area contributed by atoms with E-state index in [1.165, 1.54) is 0 Å². The van der Waals surface area contributed by atoms with Gasteiger partial charge in [-0.2, -0.15) is 0 Å². The van der Waals surface area contributed by atoms with Gasteiger partial charge in [-0.1, -0.05) is 17.2 Å². The first-order chi connectivity index (χ1) is 13.9. The molecule has 1 heterocycles. The van der Waals surface area contributed by atoms with Crippen LogP contribution in [0.15, 0.2) is 36.4 Å². The molecule has 6 heteroatoms. The third-order valence-electron chi connectivity index (χ3n) is 5.21. The van der Waals surface area contributed by atoms with Gasteiger partial charge in [-0.3, -0.25) is 9.59 Å². The molecule has 6 nitrogen and oxygen atoms in total. The fraction of sp³-hybridized carbons (Fsp3) is 0.391. The smallest absolute Gasteiger partial charge is 0.253 e. The summed E-state index contributed by atoms with van der Waals surface area (Å²) in [6.45, 7) is 5.05. The largest absolute Gasteiger partial charge is 0.497 e. The minimum atomic E-state index is -0.259. The number of nitrogens with one attached hydrogen (secondary N) is 1. The third kappa shape index (κ3) is 4.88. The van der Waals surface area contributed by atoms with Gasteiger partial charge < -0.3 is 19.7 Å². The lowest BCUT2D eigenvalue weighted by Crippen LogP contribution is -2.43. The molecule has 0 spiro atoms. The summed E-state index contributed by atoms with van der Waals surface area (Å²) in [5.74, 6) is 0.813. The first kappa shape index (κ1) is 20.7. The number of hydrogen-bond donors (Lipinski definition) is 1. The van der Waals surface area contributed by atoms with Crippen LogP contribution in [-0.2, 0) is 4.79 Å². The fourth-order valence-corrected chi connectivity index (χ4v) is 3.79. The van der Waals surface area contributed by atoms with Gasteiger partial charge in [-0.25, -0.2) is 0 Å². The summed E-state index contributed by atoms with van der Waals surface area (Å²) in [6, 6.07) is 11.1. The number of rotatable bonds is 5. The number of nitrogens with zero attached hydrogens (tertiary/aromatic N) is 1. The molecule has 3 rings (SSSR count). The number of carbonyl (C=O) groups excluding carboxylic acids is 2. The predicted octanol–water partition coefficient (Wildman–Crippen LogP) is 3.81. The van der Waals surface area contributed by atoms with E-state index >= 15 is 0 Å². The van der Waals surface area contributed by atoms with Crippen LogP contribution in [0.4, 0.5) is 5.69 Å². The molecule has 1 saturated heterocycles. The third-order valence-corrected chi connectivity index (χ3v) is 5.21. The summed E-state index contributed by atoms with van der Waals surface area (Å²) in [6.07, 6.45) is 1.55. The molecule has 0 saturated carbocycles. The SMILES string of the molecule is COc1ccc(NC(=O)C2CCCN(C(=O)c3cc(C)cc(C)c3)C2)c(OC)c1. The maximum absolute atomic E-state index is 13.0. The molecule has 2 aromatic rings. The molecule has 0 radical (unpaired) electrons. The minimum absolute atomic E-state index is 0.0173. The average molecular weight is 396 g/mol. The molecule has 0 aliphatic carbocycles. The lowest BCUT2D eigenvalue weighted by Gasteiger charge is -2.32. The number of carbonyl (C=O) groups is 2. The number of piperidine rings is 1. The van der Waals surface area contributed by atoms with Crippen molar-refractivity contribution in [3.63, 3.8) is 0 Å². The Morgan fingerprint density at radius 2 is 1.76 bits per heavy atom. The normalized spacial score (nSPS) is 16.3. The van der Waals surface area contributed by atoms with E-state index in [9.17, 15) is 9.59 Å². The molecule has 29 heavy (non-hydrogen) atoms. The summed E-state index contributed by atoms with van der Waals surface area (Å²) in [5, 5.41) is 2.94. The van der Waals surface area contributed by atoms with Crippen molar-refractivity contribution in [1.82, 2.24) is 4.90 Å². The fourth-order valence-electron chi connectivity index (χ4n) is 3.79. The molecule has 2 amide bonds. The lowest BCUT2D eigenvalue weighted by atomic mass is 9.96. The molecular weight excluding hydrogens is 368 g/mol. The molecular formula is C23H28N2O4. The van der Waals surface area contributed by atoms with E-state index in [1.807, 2.05) is 32.0 Å². The number of likely N-dealkylation sites (tertiary alicyclic amines) is 1. The Hall–Kier alpha value is -3.02. The van der Waals surface area contributed by atoms with Crippen molar-refractivity contribution in [3.05, 3.63) is 53.1 Å². The van der Waals surface area contributed by atoms with Crippen LogP contribution in [-0.4, -0.2) is 44.0 Å². The van der Waals surface area contributed by atoms with Crippen molar-refractivity contribution in [3.8, 4) is 11.5 Å². The number of amides is 2. The van der Waals surface area contributed by atoms with E-state index in [-0.39, 0.29) is 17.7 Å². The number of anilines is 1. The van der Waals surface area contributed by atoms with E-state index in [0.29, 0.717) is 35.8 Å². The second-order valence-electron chi connectivity index (χ2n) is 7.52. The quantitative estimate of drug-likeness (QED) is 0.834. The Labute approximate surface area is 171 Å². The molecule has 1 unspecified atom stereocenters. The highest BCUT2D eigenvalue weighted by molar-refractivity contribution is 5.97. The zero-order valence-corrected chi connectivity index (χ0v) is 17.5. The van der Waals surface area contributed by atoms with Crippen molar-refractivity contribution < 1.29 is 19.1 Å². The summed E-state index contributed by atoms with van der Waals surface area (Å²) in [5.41, 5.74) is 3.40. The van der Waals surface area contributed by atoms with Crippen molar-refractivity contribution in [2.24, 2.45) is 5.92 Å². The van der Waals surface area contributed by atoms with Crippen LogP contribution in [0.2, 0.25) is 0 Å². The number of ether oxygens (including phenoxy) is 2. The van der Waals surface area contributed by atoms with Crippen LogP contribution in [0.1, 0.15) is 34.3 Å². The molecule has 0 aromatic heterocycles. The van der Waals surface area contributed by atoms with Gasteiger partial charge in [0.2, 0.25) is 5.91 Å². The Bertz CT molecular complexity index is 889. The lowest BCUT2D eigenvalue weighted by molar-refractivity contribution is -0.121. The topological polar surface area (TPSA) is 67.9 Å². The Morgan fingerprint density at radius 1 is 1.03 bits per heavy atom. The summed E-state index contributed by atoms with van der Waals surface area (Å²) < 4.78 is 10.6. The van der Waals surface area contributed by atoms with Crippen LogP contribution in [0.25, 0.3) is 0 Å². The maximum Gasteiger partial charge on any atom is 0.253 e. The molecule has 1 atom stereocenters. The van der Waals surface area contributed by atoms with Crippen LogP contribution in [0.5, 0.6) is 11.5 Å². The van der Waals surface area contributed by atoms with Gasteiger partial charge in [-0.05, 0) is 51.0 Å². The zero-order valence-electron chi connectivity index (χ0n) is 17.5. The number of aryl methyl sites for hydroxylation is 2. The van der Waals surface area contributed by atoms with E-state index < -0.39 is 0 Å². The highest BCUT2D eigenvalue weighted by Crippen LogP contribution is 2.30. The first-order valence-electron chi connectivity index (χ1n) is 9.81. The summed E-state index contributed by atoms with van der Waals surface area (Å²) in [4.78, 5) is 27.6. The first-order valence-corrected chi connectivity index (χ1v) is 9.81.